The molecule has 2 aliphatic carbocycles. The predicted octanol–water partition coefficient (Wildman–Crippen LogP) is 2.04. The van der Waals surface area contributed by atoms with Gasteiger partial charge in [0.05, 0.1) is 32.2 Å². The predicted molar refractivity (Wildman–Crippen MR) is 198 cm³/mol. The van der Waals surface area contributed by atoms with E-state index in [-0.39, 0.29) is 90.9 Å². The van der Waals surface area contributed by atoms with Gasteiger partial charge >= 0.3 is 23.6 Å². The van der Waals surface area contributed by atoms with Gasteiger partial charge in [-0.1, -0.05) is 6.92 Å². The fourth-order valence-corrected chi connectivity index (χ4v) is 9.25. The van der Waals surface area contributed by atoms with E-state index in [2.05, 4.69) is 10.3 Å². The average molecular weight is 821 g/mol. The number of aliphatic hydroxyl groups excluding tert-OH is 1. The SMILES string of the molecule is CCC(CSC1CCC1SCC(CC(=O)CCOCCC(C)=O)C(=O)O)C(=O)NCCC(=O)OCC(=O)OC[C@@H]1C[C@H](n2ccc(N)nc2=O)C(F)(F)[C@H]1O. The Morgan fingerprint density at radius 3 is 2.29 bits per heavy atom. The van der Waals surface area contributed by atoms with Gasteiger partial charge in [0.1, 0.15) is 29.5 Å². The molecular weight excluding hydrogens is 771 g/mol. The minimum Gasteiger partial charge on any atom is -0.481 e. The molecule has 0 saturated heterocycles. The number of halogens is 2. The van der Waals surface area contributed by atoms with E-state index in [4.69, 9.17) is 19.9 Å². The molecule has 16 nitrogen and oxygen atoms in total. The van der Waals surface area contributed by atoms with E-state index in [1.54, 1.807) is 11.8 Å². The van der Waals surface area contributed by atoms with Gasteiger partial charge < -0.3 is 35.5 Å². The van der Waals surface area contributed by atoms with Crippen molar-refractivity contribution in [3.63, 3.8) is 0 Å². The van der Waals surface area contributed by atoms with Crippen LogP contribution < -0.4 is 16.7 Å². The molecule has 1 aromatic heterocycles. The molecule has 1 amide bonds. The molecule has 55 heavy (non-hydrogen) atoms. The first-order chi connectivity index (χ1) is 26.0. The number of carbonyl (C=O) groups is 6. The molecule has 3 rings (SSSR count). The van der Waals surface area contributed by atoms with Crippen molar-refractivity contribution in [1.29, 1.82) is 0 Å². The maximum atomic E-state index is 14.8. The molecule has 0 aliphatic heterocycles. The van der Waals surface area contributed by atoms with Crippen LogP contribution in [0.5, 0.6) is 0 Å². The summed E-state index contributed by atoms with van der Waals surface area (Å²) in [5.74, 6) is -8.82. The number of ether oxygens (including phenoxy) is 3. The summed E-state index contributed by atoms with van der Waals surface area (Å²) in [6, 6.07) is -0.570. The number of hydrogen-bond donors (Lipinski definition) is 4. The van der Waals surface area contributed by atoms with Crippen molar-refractivity contribution in [3.05, 3.63) is 22.7 Å². The lowest BCUT2D eigenvalue weighted by Crippen LogP contribution is -2.41. The molecule has 2 fully saturated rings. The van der Waals surface area contributed by atoms with Crippen molar-refractivity contribution in [2.45, 2.75) is 93.8 Å². The summed E-state index contributed by atoms with van der Waals surface area (Å²) in [6.45, 7) is 2.20. The number of Topliss-reactive ketones (excluding diaryl/α,β-unsaturated/α-hetero) is 2. The summed E-state index contributed by atoms with van der Waals surface area (Å²) in [6.07, 6.45) is 0.798. The Kier molecular flexibility index (Phi) is 18.5. The number of aliphatic carboxylic acids is 1. The van der Waals surface area contributed by atoms with E-state index in [0.717, 1.165) is 19.0 Å². The number of anilines is 1. The molecule has 4 unspecified atom stereocenters. The number of carboxylic acid groups (broad SMARTS) is 1. The molecule has 1 aromatic rings. The first-order valence-corrected chi connectivity index (χ1v) is 20.2. The second-order valence-corrected chi connectivity index (χ2v) is 16.1. The smallest absolute Gasteiger partial charge is 0.349 e. The maximum Gasteiger partial charge on any atom is 0.349 e. The fourth-order valence-electron chi connectivity index (χ4n) is 5.87. The number of thioether (sulfide) groups is 2. The first kappa shape index (κ1) is 45.8. The van der Waals surface area contributed by atoms with Crippen LogP contribution in [0.25, 0.3) is 0 Å². The molecule has 0 radical (unpaired) electrons. The van der Waals surface area contributed by atoms with E-state index >= 15 is 0 Å². The van der Waals surface area contributed by atoms with E-state index in [1.807, 2.05) is 6.92 Å². The maximum absolute atomic E-state index is 14.8. The van der Waals surface area contributed by atoms with Crippen LogP contribution >= 0.6 is 23.5 Å². The highest BCUT2D eigenvalue weighted by atomic mass is 32.2. The summed E-state index contributed by atoms with van der Waals surface area (Å²) in [7, 11) is 0. The van der Waals surface area contributed by atoms with Crippen LogP contribution in [-0.2, 0) is 43.0 Å². The van der Waals surface area contributed by atoms with Gasteiger partial charge in [0, 0.05) is 65.8 Å². The third kappa shape index (κ3) is 14.4. The lowest BCUT2D eigenvalue weighted by atomic mass is 9.99. The number of carboxylic acids is 1. The van der Waals surface area contributed by atoms with Crippen molar-refractivity contribution < 1.29 is 62.0 Å². The zero-order valence-electron chi connectivity index (χ0n) is 30.8. The number of nitrogens with two attached hydrogens (primary N) is 1. The number of amides is 1. The minimum absolute atomic E-state index is 0.0131. The molecule has 0 aromatic carbocycles. The van der Waals surface area contributed by atoms with E-state index in [1.165, 1.54) is 24.8 Å². The van der Waals surface area contributed by atoms with Crippen LogP contribution in [-0.4, -0.2) is 122 Å². The summed E-state index contributed by atoms with van der Waals surface area (Å²) in [4.78, 5) is 87.7. The third-order valence-corrected chi connectivity index (χ3v) is 12.8. The van der Waals surface area contributed by atoms with E-state index < -0.39 is 73.1 Å². The standard InChI is InChI=1S/C35H50F2N4O12S2/c1-3-21(18-54-25-4-5-26(25)55-19-23(33(48)49)14-24(43)9-13-51-12-8-20(2)42)32(47)39-10-6-29(44)53-17-30(45)52-16-22-15-27(35(36,37)31(22)46)41-11-7-28(38)40-34(41)50/h7,11,21-23,25-27,31,46H,3-6,8-10,12-19H2,1-2H3,(H,39,47)(H,48,49)(H2,38,40,50)/t21?,22-,23?,25?,26?,27-,31-/m0/s1. The number of esters is 2. The Labute approximate surface area is 325 Å². The molecule has 308 valence electrons. The van der Waals surface area contributed by atoms with Crippen LogP contribution in [0.3, 0.4) is 0 Å². The number of nitrogen functional groups attached to an aromatic ring is 1. The minimum atomic E-state index is -3.72. The number of aliphatic hydroxyl groups is 1. The number of hydrogen-bond acceptors (Lipinski definition) is 15. The van der Waals surface area contributed by atoms with Crippen LogP contribution in [0.4, 0.5) is 14.6 Å². The van der Waals surface area contributed by atoms with Gasteiger partial charge in [-0.05, 0) is 38.7 Å². The first-order valence-electron chi connectivity index (χ1n) is 18.1. The molecule has 1 heterocycles. The molecule has 2 saturated carbocycles. The Balaban J connectivity index is 1.30. The summed E-state index contributed by atoms with van der Waals surface area (Å²) >= 11 is 3.15. The third-order valence-electron chi connectivity index (χ3n) is 9.42. The normalized spacial score (nSPS) is 22.5. The molecule has 0 spiro atoms. The average Bonchev–Trinajstić information content (AvgIpc) is 3.33. The number of nitrogens with one attached hydrogen (secondary N) is 1. The molecule has 7 atom stereocenters. The van der Waals surface area contributed by atoms with Gasteiger partial charge in [0.15, 0.2) is 6.61 Å². The van der Waals surface area contributed by atoms with Gasteiger partial charge in [0.2, 0.25) is 5.91 Å². The Hall–Kier alpha value is -3.62. The Bertz CT molecular complexity index is 1570. The largest absolute Gasteiger partial charge is 0.481 e. The van der Waals surface area contributed by atoms with E-state index in [0.29, 0.717) is 16.7 Å². The Morgan fingerprint density at radius 2 is 1.69 bits per heavy atom. The Morgan fingerprint density at radius 1 is 1.04 bits per heavy atom. The monoisotopic (exact) mass is 820 g/mol. The molecular formula is C35H50F2N4O12S2. The van der Waals surface area contributed by atoms with Crippen LogP contribution in [0.1, 0.15) is 71.3 Å². The molecule has 5 N–H and O–H groups in total. The van der Waals surface area contributed by atoms with Gasteiger partial charge in [-0.25, -0.2) is 18.4 Å². The second kappa shape index (κ2) is 22.2. The number of aromatic nitrogens is 2. The van der Waals surface area contributed by atoms with Crippen molar-refractivity contribution >= 4 is 64.7 Å². The zero-order valence-corrected chi connectivity index (χ0v) is 32.5. The van der Waals surface area contributed by atoms with E-state index in [9.17, 15) is 52.6 Å². The highest BCUT2D eigenvalue weighted by molar-refractivity contribution is 8.04. The number of alkyl halides is 2. The number of rotatable bonds is 25. The van der Waals surface area contributed by atoms with Gasteiger partial charge in [-0.15, -0.1) is 0 Å². The molecule has 0 bridgehead atoms. The number of carbonyl (C=O) groups excluding carboxylic acids is 5. The van der Waals surface area contributed by atoms with Gasteiger partial charge in [-0.3, -0.25) is 28.5 Å². The zero-order chi connectivity index (χ0) is 40.7. The number of ketones is 2. The topological polar surface area (TPSA) is 244 Å². The van der Waals surface area contributed by atoms with Gasteiger partial charge in [-0.2, -0.15) is 28.5 Å². The summed E-state index contributed by atoms with van der Waals surface area (Å²) < 4.78 is 45.3. The fraction of sp³-hybridized carbons (Fsp3) is 0.714. The highest BCUT2D eigenvalue weighted by Gasteiger charge is 2.58. The van der Waals surface area contributed by atoms with Crippen molar-refractivity contribution in [2.75, 3.05) is 50.2 Å². The van der Waals surface area contributed by atoms with Crippen LogP contribution in [0, 0.1) is 17.8 Å². The summed E-state index contributed by atoms with van der Waals surface area (Å²) in [5, 5.41) is 22.9. The van der Waals surface area contributed by atoms with Crippen molar-refractivity contribution in [2.24, 2.45) is 17.8 Å². The summed E-state index contributed by atoms with van der Waals surface area (Å²) in [5.41, 5.74) is 4.40. The number of nitrogens with zero attached hydrogens (tertiary/aromatic N) is 2. The lowest BCUT2D eigenvalue weighted by molar-refractivity contribution is -0.162. The van der Waals surface area contributed by atoms with Crippen LogP contribution in [0.2, 0.25) is 0 Å². The van der Waals surface area contributed by atoms with Crippen LogP contribution in [0.15, 0.2) is 17.1 Å². The molecule has 2 aliphatic rings. The van der Waals surface area contributed by atoms with Gasteiger partial charge in [0.25, 0.3) is 5.92 Å². The quantitative estimate of drug-likeness (QED) is 0.0815. The van der Waals surface area contributed by atoms with Crippen molar-refractivity contribution in [1.82, 2.24) is 14.9 Å². The molecule has 20 heteroatoms. The second-order valence-electron chi connectivity index (χ2n) is 13.6. The highest BCUT2D eigenvalue weighted by Crippen LogP contribution is 2.46. The van der Waals surface area contributed by atoms with Crippen molar-refractivity contribution in [3.8, 4) is 0 Å². The lowest BCUT2D eigenvalue weighted by Gasteiger charge is -2.36.